The highest BCUT2D eigenvalue weighted by molar-refractivity contribution is 5.76. The van der Waals surface area contributed by atoms with Gasteiger partial charge < -0.3 is 4.90 Å². The zero-order valence-electron chi connectivity index (χ0n) is 14.8. The first-order chi connectivity index (χ1) is 12.2. The second kappa shape index (κ2) is 6.94. The van der Waals surface area contributed by atoms with Gasteiger partial charge in [-0.15, -0.1) is 10.2 Å². The van der Waals surface area contributed by atoms with Crippen molar-refractivity contribution in [3.63, 3.8) is 0 Å². The lowest BCUT2D eigenvalue weighted by atomic mass is 9.75. The van der Waals surface area contributed by atoms with Gasteiger partial charge in [0.25, 0.3) is 0 Å². The van der Waals surface area contributed by atoms with Crippen LogP contribution in [-0.4, -0.2) is 44.1 Å². The Morgan fingerprint density at radius 2 is 1.96 bits per heavy atom. The van der Waals surface area contributed by atoms with Crippen LogP contribution in [0.4, 0.5) is 0 Å². The van der Waals surface area contributed by atoms with Crippen molar-refractivity contribution < 1.29 is 4.79 Å². The van der Waals surface area contributed by atoms with E-state index in [1.54, 1.807) is 0 Å². The van der Waals surface area contributed by atoms with Crippen LogP contribution in [0.1, 0.15) is 37.7 Å². The summed E-state index contributed by atoms with van der Waals surface area (Å²) in [5, 5.41) is 12.6. The molecule has 0 N–H and O–H groups in total. The molecule has 1 aromatic carbocycles. The van der Waals surface area contributed by atoms with Crippen LogP contribution >= 0.6 is 0 Å². The molecule has 1 aromatic heterocycles. The average molecular weight is 339 g/mol. The fraction of sp³-hybridized carbons (Fsp3) is 0.579. The molecule has 2 atom stereocenters. The van der Waals surface area contributed by atoms with Crippen molar-refractivity contribution in [3.8, 4) is 11.4 Å². The number of nitrogens with zero attached hydrogens (tertiary/aromatic N) is 5. The minimum Gasteiger partial charge on any atom is -0.341 e. The summed E-state index contributed by atoms with van der Waals surface area (Å²) in [6.07, 6.45) is 6.44. The molecule has 0 radical (unpaired) electrons. The fourth-order valence-corrected chi connectivity index (χ4v) is 4.29. The summed E-state index contributed by atoms with van der Waals surface area (Å²) in [7, 11) is 0. The predicted octanol–water partition coefficient (Wildman–Crippen LogP) is 2.69. The van der Waals surface area contributed by atoms with Gasteiger partial charge in [0.2, 0.25) is 11.7 Å². The van der Waals surface area contributed by atoms with Crippen molar-refractivity contribution in [1.29, 1.82) is 0 Å². The molecule has 1 aliphatic heterocycles. The first-order valence-electron chi connectivity index (χ1n) is 9.32. The predicted molar refractivity (Wildman–Crippen MR) is 94.6 cm³/mol. The first-order valence-corrected chi connectivity index (χ1v) is 9.32. The van der Waals surface area contributed by atoms with E-state index in [-0.39, 0.29) is 12.5 Å². The van der Waals surface area contributed by atoms with Crippen LogP contribution in [0.25, 0.3) is 11.4 Å². The van der Waals surface area contributed by atoms with Gasteiger partial charge in [0, 0.05) is 18.7 Å². The van der Waals surface area contributed by atoms with Crippen molar-refractivity contribution in [2.45, 2.75) is 45.6 Å². The van der Waals surface area contributed by atoms with E-state index in [2.05, 4.69) is 15.4 Å². The summed E-state index contributed by atoms with van der Waals surface area (Å²) in [6.45, 7) is 3.98. The quantitative estimate of drug-likeness (QED) is 0.862. The molecule has 4 rings (SSSR count). The van der Waals surface area contributed by atoms with E-state index in [9.17, 15) is 4.79 Å². The number of hydrogen-bond donors (Lipinski definition) is 0. The van der Waals surface area contributed by atoms with E-state index in [1.807, 2.05) is 36.1 Å². The molecule has 1 amide bonds. The Morgan fingerprint density at radius 3 is 2.80 bits per heavy atom. The number of tetrazole rings is 1. The van der Waals surface area contributed by atoms with Crippen LogP contribution in [0, 0.1) is 18.8 Å². The largest absolute Gasteiger partial charge is 0.341 e. The maximum Gasteiger partial charge on any atom is 0.246 e. The van der Waals surface area contributed by atoms with Gasteiger partial charge in [0.1, 0.15) is 6.54 Å². The first kappa shape index (κ1) is 16.2. The molecule has 1 aliphatic carbocycles. The maximum atomic E-state index is 12.7. The van der Waals surface area contributed by atoms with Crippen LogP contribution in [0.2, 0.25) is 0 Å². The fourth-order valence-electron chi connectivity index (χ4n) is 4.29. The number of benzene rings is 1. The van der Waals surface area contributed by atoms with Crippen LogP contribution < -0.4 is 0 Å². The number of carbonyl (C=O) groups excluding carboxylic acids is 1. The summed E-state index contributed by atoms with van der Waals surface area (Å²) in [5.41, 5.74) is 2.07. The number of fused-ring (bicyclic) bond motifs is 1. The topological polar surface area (TPSA) is 63.9 Å². The van der Waals surface area contributed by atoms with Crippen molar-refractivity contribution in [3.05, 3.63) is 29.8 Å². The summed E-state index contributed by atoms with van der Waals surface area (Å²) < 4.78 is 0. The highest BCUT2D eigenvalue weighted by atomic mass is 16.2. The van der Waals surface area contributed by atoms with Crippen molar-refractivity contribution in [2.75, 3.05) is 13.1 Å². The van der Waals surface area contributed by atoms with E-state index < -0.39 is 0 Å². The molecule has 2 aromatic rings. The van der Waals surface area contributed by atoms with E-state index in [0.29, 0.717) is 11.7 Å². The Hall–Kier alpha value is -2.24. The Bertz CT molecular complexity index is 756. The van der Waals surface area contributed by atoms with Gasteiger partial charge in [0.15, 0.2) is 0 Å². The van der Waals surface area contributed by atoms with Crippen molar-refractivity contribution >= 4 is 5.91 Å². The second-order valence-electron chi connectivity index (χ2n) is 7.39. The second-order valence-corrected chi connectivity index (χ2v) is 7.39. The molecule has 2 fully saturated rings. The molecular weight excluding hydrogens is 314 g/mol. The third-order valence-corrected chi connectivity index (χ3v) is 5.76. The Balaban J connectivity index is 1.41. The molecule has 2 heterocycles. The number of hydrogen-bond acceptors (Lipinski definition) is 4. The standard InChI is InChI=1S/C19H25N5O/c1-14-6-2-5-9-17(14)19-20-22-24(21-19)13-18(25)23-11-10-15-7-3-4-8-16(15)12-23/h2,5-6,9,15-16H,3-4,7-8,10-13H2,1H3/t15-,16+/m0/s1. The van der Waals surface area contributed by atoms with Gasteiger partial charge in [-0.2, -0.15) is 4.80 Å². The SMILES string of the molecule is Cc1ccccc1-c1nnn(CC(=O)N2CC[C@@H]3CCCC[C@@H]3C2)n1. The highest BCUT2D eigenvalue weighted by Gasteiger charge is 2.33. The molecule has 25 heavy (non-hydrogen) atoms. The number of piperidine rings is 1. The minimum absolute atomic E-state index is 0.109. The lowest BCUT2D eigenvalue weighted by molar-refractivity contribution is -0.135. The molecule has 0 unspecified atom stereocenters. The van der Waals surface area contributed by atoms with Gasteiger partial charge in [-0.25, -0.2) is 0 Å². The number of carbonyl (C=O) groups is 1. The summed E-state index contributed by atoms with van der Waals surface area (Å²) in [4.78, 5) is 16.1. The number of aryl methyl sites for hydroxylation is 1. The lowest BCUT2D eigenvalue weighted by Crippen LogP contribution is -2.46. The summed E-state index contributed by atoms with van der Waals surface area (Å²) in [5.74, 6) is 2.21. The van der Waals surface area contributed by atoms with Crippen LogP contribution in [0.15, 0.2) is 24.3 Å². The Morgan fingerprint density at radius 1 is 1.16 bits per heavy atom. The molecule has 6 heteroatoms. The zero-order chi connectivity index (χ0) is 17.2. The molecular formula is C19H25N5O. The lowest BCUT2D eigenvalue weighted by Gasteiger charge is -2.41. The van der Waals surface area contributed by atoms with Crippen molar-refractivity contribution in [2.24, 2.45) is 11.8 Å². The van der Waals surface area contributed by atoms with Gasteiger partial charge in [-0.3, -0.25) is 4.79 Å². The normalized spacial score (nSPS) is 23.3. The summed E-state index contributed by atoms with van der Waals surface area (Å²) in [6, 6.07) is 7.95. The average Bonchev–Trinajstić information content (AvgIpc) is 3.10. The number of rotatable bonds is 3. The minimum atomic E-state index is 0.109. The monoisotopic (exact) mass is 339 g/mol. The van der Waals surface area contributed by atoms with Gasteiger partial charge in [-0.05, 0) is 42.4 Å². The molecule has 2 aliphatic rings. The molecule has 1 saturated carbocycles. The smallest absolute Gasteiger partial charge is 0.246 e. The number of likely N-dealkylation sites (tertiary alicyclic amines) is 1. The van der Waals surface area contributed by atoms with E-state index in [1.165, 1.54) is 30.5 Å². The molecule has 1 saturated heterocycles. The molecule has 132 valence electrons. The van der Waals surface area contributed by atoms with E-state index in [0.717, 1.165) is 36.6 Å². The van der Waals surface area contributed by atoms with Gasteiger partial charge in [-0.1, -0.05) is 43.5 Å². The number of amides is 1. The Labute approximate surface area is 148 Å². The molecule has 0 bridgehead atoms. The molecule has 0 spiro atoms. The third kappa shape index (κ3) is 3.43. The van der Waals surface area contributed by atoms with Gasteiger partial charge >= 0.3 is 0 Å². The number of aromatic nitrogens is 4. The summed E-state index contributed by atoms with van der Waals surface area (Å²) >= 11 is 0. The van der Waals surface area contributed by atoms with Crippen molar-refractivity contribution in [1.82, 2.24) is 25.1 Å². The Kier molecular flexibility index (Phi) is 4.51. The van der Waals surface area contributed by atoms with Crippen LogP contribution in [0.3, 0.4) is 0 Å². The van der Waals surface area contributed by atoms with E-state index >= 15 is 0 Å². The maximum absolute atomic E-state index is 12.7. The zero-order valence-corrected chi connectivity index (χ0v) is 14.8. The van der Waals surface area contributed by atoms with E-state index in [4.69, 9.17) is 0 Å². The third-order valence-electron chi connectivity index (χ3n) is 5.76. The molecule has 6 nitrogen and oxygen atoms in total. The highest BCUT2D eigenvalue weighted by Crippen LogP contribution is 2.36. The van der Waals surface area contributed by atoms with Gasteiger partial charge in [0.05, 0.1) is 0 Å². The van der Waals surface area contributed by atoms with Crippen LogP contribution in [0.5, 0.6) is 0 Å². The van der Waals surface area contributed by atoms with Crippen LogP contribution in [-0.2, 0) is 11.3 Å².